The molecule has 2 nitrogen and oxygen atoms in total. The molecule has 2 rings (SSSR count). The van der Waals surface area contributed by atoms with Crippen LogP contribution in [0.25, 0.3) is 0 Å². The van der Waals surface area contributed by atoms with Crippen LogP contribution < -0.4 is 4.74 Å². The van der Waals surface area contributed by atoms with E-state index in [0.717, 1.165) is 12.1 Å². The third-order valence-electron chi connectivity index (χ3n) is 2.84. The van der Waals surface area contributed by atoms with Gasteiger partial charge in [0.1, 0.15) is 17.4 Å². The van der Waals surface area contributed by atoms with Gasteiger partial charge in [-0.25, -0.2) is 8.78 Å². The zero-order chi connectivity index (χ0) is 14.7. The van der Waals surface area contributed by atoms with Gasteiger partial charge in [-0.2, -0.15) is 0 Å². The summed E-state index contributed by atoms with van der Waals surface area (Å²) in [5.74, 6) is -1.98. The van der Waals surface area contributed by atoms with Crippen molar-refractivity contribution in [2.24, 2.45) is 0 Å². The summed E-state index contributed by atoms with van der Waals surface area (Å²) in [6, 6.07) is 8.05. The molecule has 0 spiro atoms. The fraction of sp³-hybridized carbons (Fsp3) is 0.133. The maximum atomic E-state index is 13.5. The molecule has 0 aliphatic heterocycles. The average molecular weight is 297 g/mol. The number of ether oxygens (including phenoxy) is 1. The summed E-state index contributed by atoms with van der Waals surface area (Å²) in [5, 5.41) is 0.419. The first kappa shape index (κ1) is 14.5. The Kier molecular flexibility index (Phi) is 4.35. The predicted octanol–water partition coefficient (Wildman–Crippen LogP) is 4.05. The zero-order valence-corrected chi connectivity index (χ0v) is 11.4. The molecular formula is C15H11ClF2O2. The molecule has 20 heavy (non-hydrogen) atoms. The van der Waals surface area contributed by atoms with Gasteiger partial charge < -0.3 is 4.74 Å². The van der Waals surface area contributed by atoms with Crippen LogP contribution in [-0.4, -0.2) is 12.9 Å². The Bertz CT molecular complexity index is 636. The van der Waals surface area contributed by atoms with E-state index < -0.39 is 23.0 Å². The molecule has 0 bridgehead atoms. The van der Waals surface area contributed by atoms with Gasteiger partial charge >= 0.3 is 0 Å². The largest absolute Gasteiger partial charge is 0.496 e. The second kappa shape index (κ2) is 6.01. The first-order chi connectivity index (χ1) is 9.52. The lowest BCUT2D eigenvalue weighted by Crippen LogP contribution is -2.09. The number of carbonyl (C=O) groups is 1. The molecule has 0 saturated carbocycles. The monoisotopic (exact) mass is 296 g/mol. The molecule has 0 fully saturated rings. The summed E-state index contributed by atoms with van der Waals surface area (Å²) in [5.41, 5.74) is -0.0674. The third-order valence-corrected chi connectivity index (χ3v) is 3.07. The molecule has 104 valence electrons. The van der Waals surface area contributed by atoms with Crippen molar-refractivity contribution >= 4 is 17.4 Å². The summed E-state index contributed by atoms with van der Waals surface area (Å²) in [6.45, 7) is 0. The number of benzene rings is 2. The zero-order valence-electron chi connectivity index (χ0n) is 10.6. The van der Waals surface area contributed by atoms with Crippen LogP contribution >= 0.6 is 11.6 Å². The Labute approximate surface area is 119 Å². The lowest BCUT2D eigenvalue weighted by atomic mass is 10.0. The van der Waals surface area contributed by atoms with E-state index in [9.17, 15) is 13.6 Å². The Hall–Kier alpha value is -1.94. The van der Waals surface area contributed by atoms with E-state index in [1.54, 1.807) is 12.1 Å². The highest BCUT2D eigenvalue weighted by atomic mass is 35.5. The average Bonchev–Trinajstić information content (AvgIpc) is 2.38. The summed E-state index contributed by atoms with van der Waals surface area (Å²) >= 11 is 5.85. The number of rotatable bonds is 4. The van der Waals surface area contributed by atoms with E-state index in [-0.39, 0.29) is 6.42 Å². The molecule has 0 aliphatic rings. The van der Waals surface area contributed by atoms with Crippen molar-refractivity contribution in [3.8, 4) is 5.75 Å². The van der Waals surface area contributed by atoms with E-state index in [4.69, 9.17) is 16.3 Å². The molecule has 2 aromatic rings. The second-order valence-corrected chi connectivity index (χ2v) is 4.59. The molecule has 2 aromatic carbocycles. The minimum Gasteiger partial charge on any atom is -0.496 e. The van der Waals surface area contributed by atoms with Crippen molar-refractivity contribution < 1.29 is 18.3 Å². The lowest BCUT2D eigenvalue weighted by Gasteiger charge is -2.09. The smallest absolute Gasteiger partial charge is 0.173 e. The minimum absolute atomic E-state index is 0.193. The van der Waals surface area contributed by atoms with Crippen LogP contribution in [0.15, 0.2) is 36.4 Å². The molecule has 0 N–H and O–H groups in total. The van der Waals surface area contributed by atoms with Gasteiger partial charge in [-0.3, -0.25) is 4.79 Å². The molecule has 0 radical (unpaired) electrons. The van der Waals surface area contributed by atoms with Crippen molar-refractivity contribution in [1.29, 1.82) is 0 Å². The molecule has 0 aromatic heterocycles. The number of methoxy groups -OCH3 is 1. The number of halogens is 3. The molecular weight excluding hydrogens is 286 g/mol. The first-order valence-electron chi connectivity index (χ1n) is 5.82. The predicted molar refractivity (Wildman–Crippen MR) is 72.4 cm³/mol. The molecule has 0 heterocycles. The Morgan fingerprint density at radius 1 is 1.20 bits per heavy atom. The van der Waals surface area contributed by atoms with Crippen LogP contribution in [0.1, 0.15) is 15.9 Å². The third kappa shape index (κ3) is 2.96. The van der Waals surface area contributed by atoms with Crippen LogP contribution in [0.5, 0.6) is 5.75 Å². The van der Waals surface area contributed by atoms with Crippen LogP contribution in [0.2, 0.25) is 5.02 Å². The van der Waals surface area contributed by atoms with Gasteiger partial charge in [-0.15, -0.1) is 0 Å². The minimum atomic E-state index is -0.879. The fourth-order valence-corrected chi connectivity index (χ4v) is 2.11. The van der Waals surface area contributed by atoms with Crippen LogP contribution in [0.4, 0.5) is 8.78 Å². The van der Waals surface area contributed by atoms with E-state index in [0.29, 0.717) is 16.3 Å². The Balaban J connectivity index is 2.35. The van der Waals surface area contributed by atoms with Gasteiger partial charge in [0.15, 0.2) is 5.78 Å². The molecule has 0 amide bonds. The number of hydrogen-bond donors (Lipinski definition) is 0. The maximum Gasteiger partial charge on any atom is 0.173 e. The van der Waals surface area contributed by atoms with Crippen molar-refractivity contribution in [3.63, 3.8) is 0 Å². The van der Waals surface area contributed by atoms with E-state index in [1.807, 2.05) is 0 Å². The first-order valence-corrected chi connectivity index (χ1v) is 6.20. The van der Waals surface area contributed by atoms with Crippen molar-refractivity contribution in [2.45, 2.75) is 6.42 Å². The van der Waals surface area contributed by atoms with Crippen molar-refractivity contribution in [3.05, 3.63) is 64.2 Å². The van der Waals surface area contributed by atoms with Gasteiger partial charge in [0.05, 0.1) is 12.7 Å². The summed E-state index contributed by atoms with van der Waals surface area (Å²) in [7, 11) is 1.45. The molecule has 0 aliphatic carbocycles. The van der Waals surface area contributed by atoms with Gasteiger partial charge in [-0.05, 0) is 30.3 Å². The summed E-state index contributed by atoms with van der Waals surface area (Å²) < 4.78 is 32.2. The van der Waals surface area contributed by atoms with E-state index >= 15 is 0 Å². The number of Topliss-reactive ketones (excluding diaryl/α,β-unsaturated/α-hetero) is 1. The Morgan fingerprint density at radius 3 is 2.45 bits per heavy atom. The van der Waals surface area contributed by atoms with Crippen molar-refractivity contribution in [2.75, 3.05) is 7.11 Å². The molecule has 0 unspecified atom stereocenters. The highest BCUT2D eigenvalue weighted by molar-refractivity contribution is 6.30. The normalized spacial score (nSPS) is 10.4. The van der Waals surface area contributed by atoms with E-state index in [2.05, 4.69) is 0 Å². The van der Waals surface area contributed by atoms with Crippen LogP contribution in [-0.2, 0) is 6.42 Å². The van der Waals surface area contributed by atoms with Crippen LogP contribution in [0, 0.1) is 11.6 Å². The molecule has 0 saturated heterocycles. The summed E-state index contributed by atoms with van der Waals surface area (Å²) in [4.78, 5) is 12.1. The maximum absolute atomic E-state index is 13.5. The molecule has 0 atom stereocenters. The van der Waals surface area contributed by atoms with Gasteiger partial charge in [0.2, 0.25) is 0 Å². The second-order valence-electron chi connectivity index (χ2n) is 4.15. The highest BCUT2D eigenvalue weighted by Gasteiger charge is 2.19. The lowest BCUT2D eigenvalue weighted by molar-refractivity contribution is 0.0984. The SMILES string of the molecule is COc1ccc(Cl)cc1CC(=O)c1c(F)cccc1F. The summed E-state index contributed by atoms with van der Waals surface area (Å²) in [6.07, 6.45) is -0.193. The quantitative estimate of drug-likeness (QED) is 0.796. The number of carbonyl (C=O) groups excluding carboxylic acids is 1. The molecule has 5 heteroatoms. The van der Waals surface area contributed by atoms with Crippen LogP contribution in [0.3, 0.4) is 0 Å². The van der Waals surface area contributed by atoms with Gasteiger partial charge in [0, 0.05) is 17.0 Å². The topological polar surface area (TPSA) is 26.3 Å². The number of ketones is 1. The Morgan fingerprint density at radius 2 is 1.85 bits per heavy atom. The van der Waals surface area contributed by atoms with E-state index in [1.165, 1.54) is 19.2 Å². The standard InChI is InChI=1S/C15H11ClF2O2/c1-20-14-6-5-10(16)7-9(14)8-13(19)15-11(17)3-2-4-12(15)18/h2-7H,8H2,1H3. The fourth-order valence-electron chi connectivity index (χ4n) is 1.91. The van der Waals surface area contributed by atoms with Gasteiger partial charge in [0.25, 0.3) is 0 Å². The van der Waals surface area contributed by atoms with Gasteiger partial charge in [-0.1, -0.05) is 17.7 Å². The van der Waals surface area contributed by atoms with Crippen molar-refractivity contribution in [1.82, 2.24) is 0 Å². The highest BCUT2D eigenvalue weighted by Crippen LogP contribution is 2.25. The number of hydrogen-bond acceptors (Lipinski definition) is 2.